The van der Waals surface area contributed by atoms with Crippen molar-refractivity contribution < 1.29 is 9.53 Å². The van der Waals surface area contributed by atoms with Crippen LogP contribution in [-0.2, 0) is 4.74 Å². The Kier molecular flexibility index (Phi) is 5.87. The van der Waals surface area contributed by atoms with Gasteiger partial charge in [0.2, 0.25) is 0 Å². The summed E-state index contributed by atoms with van der Waals surface area (Å²) in [6, 6.07) is 5.59. The first-order chi connectivity index (χ1) is 9.63. The summed E-state index contributed by atoms with van der Waals surface area (Å²) >= 11 is 9.58. The summed E-state index contributed by atoms with van der Waals surface area (Å²) in [4.78, 5) is 14.4. The lowest BCUT2D eigenvalue weighted by Crippen LogP contribution is -2.41. The first-order valence-corrected chi connectivity index (χ1v) is 8.35. The second-order valence-electron chi connectivity index (χ2n) is 4.99. The van der Waals surface area contributed by atoms with Gasteiger partial charge >= 0.3 is 0 Å². The van der Waals surface area contributed by atoms with Crippen LogP contribution in [0.1, 0.15) is 28.8 Å². The number of aryl methyl sites for hydroxylation is 1. The Morgan fingerprint density at radius 1 is 1.45 bits per heavy atom. The number of hydrogen-bond donors (Lipinski definition) is 0. The number of piperidine rings is 1. The number of nitrogens with zero attached hydrogens (tertiary/aromatic N) is 1. The number of carbonyl (C=O) groups is 1. The van der Waals surface area contributed by atoms with Crippen LogP contribution >= 0.6 is 27.5 Å². The molecule has 0 unspecified atom stereocenters. The standard InChI is InChI=1S/C15H19BrClNO2/c1-11-3-2-4-13(14(11)17)15(19)18-8-5-12(6-9-18)20-10-7-16/h2-4,12H,5-10H2,1H3. The van der Waals surface area contributed by atoms with Gasteiger partial charge in [-0.25, -0.2) is 0 Å². The summed E-state index contributed by atoms with van der Waals surface area (Å²) in [5.41, 5.74) is 1.54. The number of alkyl halides is 1. The lowest BCUT2D eigenvalue weighted by atomic mass is 10.1. The number of likely N-dealkylation sites (tertiary alicyclic amines) is 1. The Morgan fingerprint density at radius 3 is 2.80 bits per heavy atom. The van der Waals surface area contributed by atoms with E-state index in [-0.39, 0.29) is 12.0 Å². The zero-order valence-electron chi connectivity index (χ0n) is 11.6. The molecular weight excluding hydrogens is 342 g/mol. The largest absolute Gasteiger partial charge is 0.377 e. The summed E-state index contributed by atoms with van der Waals surface area (Å²) in [7, 11) is 0. The number of carbonyl (C=O) groups excluding carboxylic acids is 1. The molecule has 1 amide bonds. The number of amides is 1. The zero-order chi connectivity index (χ0) is 14.5. The van der Waals surface area contributed by atoms with Crippen molar-refractivity contribution in [3.8, 4) is 0 Å². The van der Waals surface area contributed by atoms with Crippen LogP contribution in [0, 0.1) is 6.92 Å². The monoisotopic (exact) mass is 359 g/mol. The molecular formula is C15H19BrClNO2. The molecule has 0 radical (unpaired) electrons. The SMILES string of the molecule is Cc1cccc(C(=O)N2CCC(OCCBr)CC2)c1Cl. The molecule has 3 nitrogen and oxygen atoms in total. The summed E-state index contributed by atoms with van der Waals surface area (Å²) in [6.45, 7) is 4.11. The number of ether oxygens (including phenoxy) is 1. The molecule has 1 aliphatic heterocycles. The normalized spacial score (nSPS) is 16.4. The van der Waals surface area contributed by atoms with Crippen molar-refractivity contribution in [2.75, 3.05) is 25.0 Å². The van der Waals surface area contributed by atoms with Crippen molar-refractivity contribution in [3.63, 3.8) is 0 Å². The van der Waals surface area contributed by atoms with Crippen molar-refractivity contribution in [3.05, 3.63) is 34.3 Å². The number of benzene rings is 1. The molecule has 0 aromatic heterocycles. The molecule has 0 saturated carbocycles. The summed E-state index contributed by atoms with van der Waals surface area (Å²) in [5.74, 6) is 0.0256. The predicted octanol–water partition coefficient (Wildman–Crippen LogP) is 3.66. The maximum atomic E-state index is 12.5. The molecule has 0 N–H and O–H groups in total. The average Bonchev–Trinajstić information content (AvgIpc) is 2.48. The van der Waals surface area contributed by atoms with E-state index < -0.39 is 0 Å². The molecule has 0 bridgehead atoms. The molecule has 5 heteroatoms. The predicted molar refractivity (Wildman–Crippen MR) is 84.9 cm³/mol. The highest BCUT2D eigenvalue weighted by molar-refractivity contribution is 9.09. The lowest BCUT2D eigenvalue weighted by Gasteiger charge is -2.32. The van der Waals surface area contributed by atoms with Crippen molar-refractivity contribution in [1.82, 2.24) is 4.90 Å². The van der Waals surface area contributed by atoms with Crippen molar-refractivity contribution in [2.45, 2.75) is 25.9 Å². The molecule has 2 rings (SSSR count). The first kappa shape index (κ1) is 15.8. The summed E-state index contributed by atoms with van der Waals surface area (Å²) in [6.07, 6.45) is 2.05. The van der Waals surface area contributed by atoms with Crippen molar-refractivity contribution in [1.29, 1.82) is 0 Å². The second kappa shape index (κ2) is 7.43. The lowest BCUT2D eigenvalue weighted by molar-refractivity contribution is 0.0160. The molecule has 1 saturated heterocycles. The Balaban J connectivity index is 1.96. The third kappa shape index (κ3) is 3.74. The van der Waals surface area contributed by atoms with Gasteiger partial charge in [-0.1, -0.05) is 39.7 Å². The van der Waals surface area contributed by atoms with E-state index in [2.05, 4.69) is 15.9 Å². The van der Waals surface area contributed by atoms with Crippen LogP contribution in [0.25, 0.3) is 0 Å². The van der Waals surface area contributed by atoms with Crippen molar-refractivity contribution in [2.24, 2.45) is 0 Å². The van der Waals surface area contributed by atoms with Gasteiger partial charge in [-0.2, -0.15) is 0 Å². The molecule has 1 fully saturated rings. The second-order valence-corrected chi connectivity index (χ2v) is 6.16. The summed E-state index contributed by atoms with van der Waals surface area (Å²) < 4.78 is 5.70. The van der Waals surface area contributed by atoms with Gasteiger partial charge in [0.15, 0.2) is 0 Å². The first-order valence-electron chi connectivity index (χ1n) is 6.85. The Labute approximate surface area is 133 Å². The molecule has 1 aromatic carbocycles. The zero-order valence-corrected chi connectivity index (χ0v) is 13.9. The highest BCUT2D eigenvalue weighted by atomic mass is 79.9. The van der Waals surface area contributed by atoms with Crippen LogP contribution in [-0.4, -0.2) is 41.9 Å². The maximum absolute atomic E-state index is 12.5. The molecule has 0 atom stereocenters. The topological polar surface area (TPSA) is 29.5 Å². The highest BCUT2D eigenvalue weighted by Crippen LogP contribution is 2.23. The number of rotatable bonds is 4. The number of halogens is 2. The van der Waals surface area contributed by atoms with E-state index in [0.717, 1.165) is 43.4 Å². The van der Waals surface area contributed by atoms with Gasteiger partial charge in [-0.05, 0) is 31.4 Å². The van der Waals surface area contributed by atoms with Gasteiger partial charge in [0.1, 0.15) is 0 Å². The van der Waals surface area contributed by atoms with Gasteiger partial charge in [0, 0.05) is 18.4 Å². The van der Waals surface area contributed by atoms with Crippen molar-refractivity contribution >= 4 is 33.4 Å². The van der Waals surface area contributed by atoms with Crippen LogP contribution in [0.4, 0.5) is 0 Å². The molecule has 110 valence electrons. The molecule has 0 spiro atoms. The average molecular weight is 361 g/mol. The minimum Gasteiger partial charge on any atom is -0.377 e. The third-order valence-corrected chi connectivity index (χ3v) is 4.41. The third-order valence-electron chi connectivity index (χ3n) is 3.58. The van der Waals surface area contributed by atoms with E-state index in [4.69, 9.17) is 16.3 Å². The fourth-order valence-corrected chi connectivity index (χ4v) is 2.81. The van der Waals surface area contributed by atoms with E-state index in [1.165, 1.54) is 0 Å². The van der Waals surface area contributed by atoms with Gasteiger partial charge in [-0.3, -0.25) is 4.79 Å². The molecule has 1 aliphatic rings. The van der Waals surface area contributed by atoms with Crippen LogP contribution in [0.3, 0.4) is 0 Å². The molecule has 1 heterocycles. The Hall–Kier alpha value is -0.580. The summed E-state index contributed by atoms with van der Waals surface area (Å²) in [5, 5.41) is 1.42. The molecule has 1 aromatic rings. The Morgan fingerprint density at radius 2 is 2.15 bits per heavy atom. The minimum absolute atomic E-state index is 0.0256. The smallest absolute Gasteiger partial charge is 0.255 e. The van der Waals surface area contributed by atoms with E-state index in [1.54, 1.807) is 6.07 Å². The fraction of sp³-hybridized carbons (Fsp3) is 0.533. The van der Waals surface area contributed by atoms with Crippen LogP contribution in [0.5, 0.6) is 0 Å². The van der Waals surface area contributed by atoms with Gasteiger partial charge in [-0.15, -0.1) is 0 Å². The van der Waals surface area contributed by atoms with E-state index in [9.17, 15) is 4.79 Å². The maximum Gasteiger partial charge on any atom is 0.255 e. The van der Waals surface area contributed by atoms with Gasteiger partial charge in [0.05, 0.1) is 23.3 Å². The quantitative estimate of drug-likeness (QED) is 0.767. The Bertz CT molecular complexity index is 473. The van der Waals surface area contributed by atoms with Crippen LogP contribution in [0.15, 0.2) is 18.2 Å². The van der Waals surface area contributed by atoms with Gasteiger partial charge in [0.25, 0.3) is 5.91 Å². The highest BCUT2D eigenvalue weighted by Gasteiger charge is 2.25. The van der Waals surface area contributed by atoms with E-state index in [1.807, 2.05) is 24.0 Å². The van der Waals surface area contributed by atoms with E-state index >= 15 is 0 Å². The van der Waals surface area contributed by atoms with Gasteiger partial charge < -0.3 is 9.64 Å². The van der Waals surface area contributed by atoms with Crippen LogP contribution in [0.2, 0.25) is 5.02 Å². The fourth-order valence-electron chi connectivity index (χ4n) is 2.42. The molecule has 20 heavy (non-hydrogen) atoms. The van der Waals surface area contributed by atoms with Crippen LogP contribution < -0.4 is 0 Å². The minimum atomic E-state index is 0.0256. The van der Waals surface area contributed by atoms with E-state index in [0.29, 0.717) is 10.6 Å². The molecule has 0 aliphatic carbocycles. The number of hydrogen-bond acceptors (Lipinski definition) is 2.